The van der Waals surface area contributed by atoms with Crippen LogP contribution in [0.15, 0.2) is 39.9 Å². The highest BCUT2D eigenvalue weighted by Crippen LogP contribution is 2.38. The second kappa shape index (κ2) is 10.3. The zero-order valence-electron chi connectivity index (χ0n) is 16.0. The summed E-state index contributed by atoms with van der Waals surface area (Å²) in [6, 6.07) is 7.75. The van der Waals surface area contributed by atoms with Crippen LogP contribution >= 0.6 is 15.9 Å². The van der Waals surface area contributed by atoms with Crippen LogP contribution in [0.5, 0.6) is 23.0 Å². The van der Waals surface area contributed by atoms with Gasteiger partial charge in [-0.05, 0) is 30.3 Å². The van der Waals surface area contributed by atoms with Gasteiger partial charge >= 0.3 is 0 Å². The molecule has 0 aliphatic carbocycles. The Morgan fingerprint density at radius 3 is 2.34 bits per heavy atom. The SMILES string of the molecule is COc1cc(C(=O)NCC(=O)NN=Cc2cc(Br)ccc2O)cc(OC)c1OC. The number of hydrogen-bond donors (Lipinski definition) is 3. The van der Waals surface area contributed by atoms with Gasteiger partial charge in [-0.15, -0.1) is 0 Å². The number of nitrogens with zero attached hydrogens (tertiary/aromatic N) is 1. The van der Waals surface area contributed by atoms with E-state index in [4.69, 9.17) is 14.2 Å². The van der Waals surface area contributed by atoms with Crippen molar-refractivity contribution in [3.05, 3.63) is 45.9 Å². The first-order valence-corrected chi connectivity index (χ1v) is 9.07. The number of phenols is 1. The Balaban J connectivity index is 1.97. The second-order valence-electron chi connectivity index (χ2n) is 5.59. The molecule has 2 amide bonds. The Labute approximate surface area is 175 Å². The monoisotopic (exact) mass is 465 g/mol. The van der Waals surface area contributed by atoms with Crippen molar-refractivity contribution in [3.8, 4) is 23.0 Å². The maximum absolute atomic E-state index is 12.3. The van der Waals surface area contributed by atoms with Crippen LogP contribution in [-0.2, 0) is 4.79 Å². The number of ether oxygens (including phenoxy) is 3. The second-order valence-corrected chi connectivity index (χ2v) is 6.51. The van der Waals surface area contributed by atoms with Crippen molar-refractivity contribution in [1.82, 2.24) is 10.7 Å². The van der Waals surface area contributed by atoms with E-state index in [-0.39, 0.29) is 17.9 Å². The van der Waals surface area contributed by atoms with Gasteiger partial charge in [-0.1, -0.05) is 15.9 Å². The van der Waals surface area contributed by atoms with E-state index in [1.54, 1.807) is 12.1 Å². The van der Waals surface area contributed by atoms with Crippen molar-refractivity contribution in [2.75, 3.05) is 27.9 Å². The van der Waals surface area contributed by atoms with E-state index in [0.29, 0.717) is 22.8 Å². The summed E-state index contributed by atoms with van der Waals surface area (Å²) in [5.41, 5.74) is 2.92. The number of phenolic OH excluding ortho intramolecular Hbond substituents is 1. The van der Waals surface area contributed by atoms with E-state index < -0.39 is 11.8 Å². The molecule has 9 nitrogen and oxygen atoms in total. The number of aromatic hydroxyl groups is 1. The quantitative estimate of drug-likeness (QED) is 0.405. The van der Waals surface area contributed by atoms with Gasteiger partial charge in [-0.25, -0.2) is 5.43 Å². The molecule has 0 radical (unpaired) electrons. The lowest BCUT2D eigenvalue weighted by Crippen LogP contribution is -2.34. The van der Waals surface area contributed by atoms with Gasteiger partial charge in [-0.3, -0.25) is 9.59 Å². The number of methoxy groups -OCH3 is 3. The third-order valence-electron chi connectivity index (χ3n) is 3.72. The zero-order valence-corrected chi connectivity index (χ0v) is 17.6. The lowest BCUT2D eigenvalue weighted by Gasteiger charge is -2.14. The van der Waals surface area contributed by atoms with E-state index in [9.17, 15) is 14.7 Å². The van der Waals surface area contributed by atoms with Crippen molar-refractivity contribution in [3.63, 3.8) is 0 Å². The molecule has 0 aliphatic heterocycles. The summed E-state index contributed by atoms with van der Waals surface area (Å²) in [4.78, 5) is 24.2. The van der Waals surface area contributed by atoms with Crippen molar-refractivity contribution in [2.24, 2.45) is 5.10 Å². The molecular formula is C19H20BrN3O6. The van der Waals surface area contributed by atoms with E-state index in [1.165, 1.54) is 45.7 Å². The molecule has 29 heavy (non-hydrogen) atoms. The van der Waals surface area contributed by atoms with Gasteiger partial charge in [-0.2, -0.15) is 5.10 Å². The number of hydrogen-bond acceptors (Lipinski definition) is 7. The van der Waals surface area contributed by atoms with Gasteiger partial charge in [0.1, 0.15) is 5.75 Å². The lowest BCUT2D eigenvalue weighted by molar-refractivity contribution is -0.120. The van der Waals surface area contributed by atoms with Crippen molar-refractivity contribution in [1.29, 1.82) is 0 Å². The van der Waals surface area contributed by atoms with Crippen LogP contribution in [0.1, 0.15) is 15.9 Å². The van der Waals surface area contributed by atoms with Gasteiger partial charge in [0.2, 0.25) is 5.75 Å². The number of hydrazone groups is 1. The maximum atomic E-state index is 12.3. The molecule has 2 rings (SSSR count). The molecule has 0 aliphatic rings. The maximum Gasteiger partial charge on any atom is 0.259 e. The first-order chi connectivity index (χ1) is 13.9. The van der Waals surface area contributed by atoms with E-state index in [2.05, 4.69) is 31.8 Å². The molecule has 0 saturated carbocycles. The summed E-state index contributed by atoms with van der Waals surface area (Å²) in [6.45, 7) is -0.308. The predicted octanol–water partition coefficient (Wildman–Crippen LogP) is 2.06. The fourth-order valence-electron chi connectivity index (χ4n) is 2.32. The molecular weight excluding hydrogens is 446 g/mol. The zero-order chi connectivity index (χ0) is 21.4. The van der Waals surface area contributed by atoms with Crippen LogP contribution < -0.4 is 25.0 Å². The van der Waals surface area contributed by atoms with E-state index in [1.807, 2.05) is 0 Å². The normalized spacial score (nSPS) is 10.5. The van der Waals surface area contributed by atoms with E-state index in [0.717, 1.165) is 4.47 Å². The van der Waals surface area contributed by atoms with Crippen molar-refractivity contribution in [2.45, 2.75) is 0 Å². The summed E-state index contributed by atoms with van der Waals surface area (Å²) < 4.78 is 16.4. The smallest absolute Gasteiger partial charge is 0.259 e. The molecule has 10 heteroatoms. The number of halogens is 1. The van der Waals surface area contributed by atoms with Crippen LogP contribution in [0, 0.1) is 0 Å². The highest BCUT2D eigenvalue weighted by Gasteiger charge is 2.17. The van der Waals surface area contributed by atoms with Crippen LogP contribution in [0.4, 0.5) is 0 Å². The molecule has 154 valence electrons. The summed E-state index contributed by atoms with van der Waals surface area (Å²) in [5.74, 6) is -0.0411. The fourth-order valence-corrected chi connectivity index (χ4v) is 2.70. The molecule has 2 aromatic carbocycles. The molecule has 0 bridgehead atoms. The van der Waals surface area contributed by atoms with Crippen molar-refractivity contribution >= 4 is 34.0 Å². The molecule has 0 spiro atoms. The van der Waals surface area contributed by atoms with Crippen LogP contribution in [-0.4, -0.2) is 51.0 Å². The third-order valence-corrected chi connectivity index (χ3v) is 4.21. The molecule has 0 atom stereocenters. The van der Waals surface area contributed by atoms with Crippen LogP contribution in [0.2, 0.25) is 0 Å². The number of carbonyl (C=O) groups excluding carboxylic acids is 2. The fraction of sp³-hybridized carbons (Fsp3) is 0.211. The Morgan fingerprint density at radius 2 is 1.76 bits per heavy atom. The number of amides is 2. The highest BCUT2D eigenvalue weighted by atomic mass is 79.9. The topological polar surface area (TPSA) is 118 Å². The summed E-state index contributed by atoms with van der Waals surface area (Å²) >= 11 is 3.28. The Bertz CT molecular complexity index is 907. The van der Waals surface area contributed by atoms with Crippen LogP contribution in [0.3, 0.4) is 0 Å². The lowest BCUT2D eigenvalue weighted by atomic mass is 10.1. The summed E-state index contributed by atoms with van der Waals surface area (Å²) in [5, 5.41) is 15.9. The first kappa shape index (κ1) is 22.0. The largest absolute Gasteiger partial charge is 0.507 e. The molecule has 2 aromatic rings. The predicted molar refractivity (Wildman–Crippen MR) is 110 cm³/mol. The van der Waals surface area contributed by atoms with Gasteiger partial charge < -0.3 is 24.6 Å². The standard InChI is InChI=1S/C19H20BrN3O6/c1-27-15-7-11(8-16(28-2)18(15)29-3)19(26)21-10-17(25)23-22-9-12-6-13(20)4-5-14(12)24/h4-9,24H,10H2,1-3H3,(H,21,26)(H,23,25). The van der Waals surface area contributed by atoms with Gasteiger partial charge in [0.05, 0.1) is 34.1 Å². The van der Waals surface area contributed by atoms with Crippen LogP contribution in [0.25, 0.3) is 0 Å². The minimum Gasteiger partial charge on any atom is -0.507 e. The third kappa shape index (κ3) is 5.85. The number of benzene rings is 2. The molecule has 0 fully saturated rings. The van der Waals surface area contributed by atoms with Gasteiger partial charge in [0, 0.05) is 15.6 Å². The average molecular weight is 466 g/mol. The Morgan fingerprint density at radius 1 is 1.10 bits per heavy atom. The summed E-state index contributed by atoms with van der Waals surface area (Å²) in [6.07, 6.45) is 1.29. The minimum absolute atomic E-state index is 0.0157. The summed E-state index contributed by atoms with van der Waals surface area (Å²) in [7, 11) is 4.33. The molecule has 0 unspecified atom stereocenters. The number of carbonyl (C=O) groups is 2. The number of rotatable bonds is 8. The number of nitrogens with one attached hydrogen (secondary N) is 2. The Hall–Kier alpha value is -3.27. The molecule has 0 heterocycles. The minimum atomic E-state index is -0.545. The Kier molecular flexibility index (Phi) is 7.84. The molecule has 3 N–H and O–H groups in total. The first-order valence-electron chi connectivity index (χ1n) is 8.28. The molecule has 0 saturated heterocycles. The average Bonchev–Trinajstić information content (AvgIpc) is 2.73. The van der Waals surface area contributed by atoms with Gasteiger partial charge in [0.25, 0.3) is 11.8 Å². The highest BCUT2D eigenvalue weighted by molar-refractivity contribution is 9.10. The van der Waals surface area contributed by atoms with E-state index >= 15 is 0 Å². The van der Waals surface area contributed by atoms with Gasteiger partial charge in [0.15, 0.2) is 11.5 Å². The van der Waals surface area contributed by atoms with Crippen molar-refractivity contribution < 1.29 is 28.9 Å². The molecule has 0 aromatic heterocycles.